The van der Waals surface area contributed by atoms with Crippen molar-refractivity contribution in [2.24, 2.45) is 0 Å². The SMILES string of the molecule is c1ccc2c(c1)Oc1cccc3c1B2c1cc(-c2ccc4c5c2Oc2ccccc2B5c2ccccc2O4)ccc1O3. The van der Waals surface area contributed by atoms with E-state index in [0.717, 1.165) is 89.9 Å². The smallest absolute Gasteiger partial charge is 0.260 e. The third kappa shape index (κ3) is 2.93. The predicted molar refractivity (Wildman–Crippen MR) is 167 cm³/mol. The molecule has 0 fully saturated rings. The fourth-order valence-corrected chi connectivity index (χ4v) is 7.16. The molecule has 10 rings (SSSR count). The summed E-state index contributed by atoms with van der Waals surface area (Å²) in [4.78, 5) is 0. The second kappa shape index (κ2) is 8.11. The fraction of sp³-hybridized carbons (Fsp3) is 0. The summed E-state index contributed by atoms with van der Waals surface area (Å²) in [5.74, 6) is 6.88. The van der Waals surface area contributed by atoms with Crippen molar-refractivity contribution in [3.8, 4) is 57.1 Å². The molecule has 6 heteroatoms. The first-order valence-electron chi connectivity index (χ1n) is 14.2. The standard InChI is InChI=1S/C36H20B2O4/c1-4-11-27-23(8-1)37-25-10-3-6-13-29(25)42-36-22(17-19-33(40-27)35(36)37)21-16-18-30-26(20-21)38-24-9-2-5-12-28(24)39-31-14-7-15-32(41-30)34(31)38/h1-20H. The van der Waals surface area contributed by atoms with E-state index in [9.17, 15) is 0 Å². The van der Waals surface area contributed by atoms with Crippen LogP contribution in [0.2, 0.25) is 0 Å². The van der Waals surface area contributed by atoms with E-state index < -0.39 is 0 Å². The van der Waals surface area contributed by atoms with Crippen LogP contribution in [0.5, 0.6) is 46.0 Å². The maximum absolute atomic E-state index is 6.73. The normalized spacial score (nSPS) is 13.9. The average Bonchev–Trinajstić information content (AvgIpc) is 3.04. The summed E-state index contributed by atoms with van der Waals surface area (Å²) in [5.41, 5.74) is 8.80. The molecule has 4 aliphatic heterocycles. The number of hydrogen-bond acceptors (Lipinski definition) is 4. The van der Waals surface area contributed by atoms with Gasteiger partial charge in [0.2, 0.25) is 0 Å². The first-order chi connectivity index (χ1) is 20.8. The molecule has 4 nitrogen and oxygen atoms in total. The highest BCUT2D eigenvalue weighted by molar-refractivity contribution is 6.99. The zero-order valence-electron chi connectivity index (χ0n) is 22.3. The van der Waals surface area contributed by atoms with Gasteiger partial charge in [-0.25, -0.2) is 0 Å². The molecule has 0 saturated carbocycles. The van der Waals surface area contributed by atoms with Crippen molar-refractivity contribution in [3.63, 3.8) is 0 Å². The number of rotatable bonds is 1. The number of benzene rings is 6. The van der Waals surface area contributed by atoms with Gasteiger partial charge in [-0.05, 0) is 75.9 Å². The molecule has 4 heterocycles. The quantitative estimate of drug-likeness (QED) is 0.282. The number of ether oxygens (including phenoxy) is 4. The van der Waals surface area contributed by atoms with Crippen molar-refractivity contribution in [2.45, 2.75) is 0 Å². The summed E-state index contributed by atoms with van der Waals surface area (Å²) < 4.78 is 26.0. The first-order valence-corrected chi connectivity index (χ1v) is 14.2. The lowest BCUT2D eigenvalue weighted by atomic mass is 9.34. The van der Waals surface area contributed by atoms with Crippen LogP contribution in [0.15, 0.2) is 121 Å². The van der Waals surface area contributed by atoms with Gasteiger partial charge in [-0.15, -0.1) is 0 Å². The van der Waals surface area contributed by atoms with E-state index in [1.165, 1.54) is 0 Å². The van der Waals surface area contributed by atoms with Crippen molar-refractivity contribution < 1.29 is 18.9 Å². The van der Waals surface area contributed by atoms with Crippen LogP contribution in [0.3, 0.4) is 0 Å². The molecule has 0 radical (unpaired) electrons. The molecule has 0 unspecified atom stereocenters. The van der Waals surface area contributed by atoms with Crippen LogP contribution in [0.1, 0.15) is 0 Å². The Hall–Kier alpha value is -5.35. The Morgan fingerprint density at radius 1 is 0.357 bits per heavy atom. The molecule has 0 amide bonds. The predicted octanol–water partition coefficient (Wildman–Crippen LogP) is 4.81. The Balaban J connectivity index is 1.19. The van der Waals surface area contributed by atoms with Crippen LogP contribution in [0.25, 0.3) is 11.1 Å². The van der Waals surface area contributed by atoms with Crippen molar-refractivity contribution in [1.82, 2.24) is 0 Å². The fourth-order valence-electron chi connectivity index (χ4n) is 7.16. The van der Waals surface area contributed by atoms with E-state index in [1.807, 2.05) is 48.5 Å². The van der Waals surface area contributed by atoms with Gasteiger partial charge in [-0.1, -0.05) is 72.8 Å². The lowest BCUT2D eigenvalue weighted by Crippen LogP contribution is -2.57. The number of para-hydroxylation sites is 3. The third-order valence-electron chi connectivity index (χ3n) is 8.95. The Morgan fingerprint density at radius 3 is 1.48 bits per heavy atom. The molecule has 0 spiro atoms. The summed E-state index contributed by atoms with van der Waals surface area (Å²) >= 11 is 0. The molecule has 0 saturated heterocycles. The van der Waals surface area contributed by atoms with Gasteiger partial charge in [-0.2, -0.15) is 0 Å². The summed E-state index contributed by atoms with van der Waals surface area (Å²) in [6, 6.07) is 41.7. The van der Waals surface area contributed by atoms with Gasteiger partial charge in [0.1, 0.15) is 46.0 Å². The summed E-state index contributed by atoms with van der Waals surface area (Å²) in [6.45, 7) is 0.0334. The first kappa shape index (κ1) is 22.4. The van der Waals surface area contributed by atoms with E-state index in [-0.39, 0.29) is 13.4 Å². The zero-order valence-corrected chi connectivity index (χ0v) is 22.3. The summed E-state index contributed by atoms with van der Waals surface area (Å²) in [5, 5.41) is 0. The summed E-state index contributed by atoms with van der Waals surface area (Å²) in [6.07, 6.45) is 0. The van der Waals surface area contributed by atoms with Crippen LogP contribution in [-0.2, 0) is 0 Å². The molecule has 0 aliphatic carbocycles. The molecule has 42 heavy (non-hydrogen) atoms. The molecular formula is C36H20B2O4. The van der Waals surface area contributed by atoms with Crippen molar-refractivity contribution in [1.29, 1.82) is 0 Å². The molecular weight excluding hydrogens is 518 g/mol. The number of fused-ring (bicyclic) bond motifs is 8. The van der Waals surface area contributed by atoms with Crippen molar-refractivity contribution >= 4 is 46.2 Å². The minimum absolute atomic E-state index is 0.00318. The third-order valence-corrected chi connectivity index (χ3v) is 8.95. The molecule has 4 aliphatic rings. The maximum atomic E-state index is 6.73. The van der Waals surface area contributed by atoms with Crippen LogP contribution in [0.4, 0.5) is 0 Å². The highest BCUT2D eigenvalue weighted by Crippen LogP contribution is 2.42. The largest absolute Gasteiger partial charge is 0.458 e. The topological polar surface area (TPSA) is 36.9 Å². The van der Waals surface area contributed by atoms with Crippen molar-refractivity contribution in [3.05, 3.63) is 121 Å². The van der Waals surface area contributed by atoms with E-state index in [1.54, 1.807) is 0 Å². The van der Waals surface area contributed by atoms with Crippen LogP contribution in [-0.4, -0.2) is 13.4 Å². The molecule has 0 bridgehead atoms. The second-order valence-corrected chi connectivity index (χ2v) is 11.2. The molecule has 0 N–H and O–H groups in total. The monoisotopic (exact) mass is 538 g/mol. The Bertz CT molecular complexity index is 2110. The molecule has 6 aromatic rings. The van der Waals surface area contributed by atoms with Gasteiger partial charge >= 0.3 is 0 Å². The highest BCUT2D eigenvalue weighted by atomic mass is 16.5. The van der Waals surface area contributed by atoms with Crippen LogP contribution < -0.4 is 51.7 Å². The molecule has 194 valence electrons. The van der Waals surface area contributed by atoms with Gasteiger partial charge in [0.05, 0.1) is 0 Å². The second-order valence-electron chi connectivity index (χ2n) is 11.2. The Kier molecular flexibility index (Phi) is 4.32. The minimum Gasteiger partial charge on any atom is -0.458 e. The lowest BCUT2D eigenvalue weighted by molar-refractivity contribution is 0.464. The maximum Gasteiger partial charge on any atom is 0.260 e. The van der Waals surface area contributed by atoms with E-state index in [0.29, 0.717) is 0 Å². The van der Waals surface area contributed by atoms with E-state index >= 15 is 0 Å². The van der Waals surface area contributed by atoms with Gasteiger partial charge in [0.15, 0.2) is 0 Å². The Morgan fingerprint density at radius 2 is 0.833 bits per heavy atom. The van der Waals surface area contributed by atoms with Crippen LogP contribution in [0, 0.1) is 0 Å². The van der Waals surface area contributed by atoms with E-state index in [2.05, 4.69) is 72.8 Å². The zero-order chi connectivity index (χ0) is 27.4. The number of hydrogen-bond donors (Lipinski definition) is 0. The van der Waals surface area contributed by atoms with Crippen molar-refractivity contribution in [2.75, 3.05) is 0 Å². The lowest BCUT2D eigenvalue weighted by Gasteiger charge is -2.34. The van der Waals surface area contributed by atoms with Crippen LogP contribution >= 0.6 is 0 Å². The van der Waals surface area contributed by atoms with E-state index in [4.69, 9.17) is 18.9 Å². The molecule has 0 aromatic heterocycles. The van der Waals surface area contributed by atoms with Gasteiger partial charge < -0.3 is 18.9 Å². The van der Waals surface area contributed by atoms with Gasteiger partial charge in [0, 0.05) is 16.5 Å². The molecule has 0 atom stereocenters. The summed E-state index contributed by atoms with van der Waals surface area (Å²) in [7, 11) is 0. The highest BCUT2D eigenvalue weighted by Gasteiger charge is 2.42. The molecule has 6 aromatic carbocycles. The Labute approximate surface area is 243 Å². The minimum atomic E-state index is 0.00318. The van der Waals surface area contributed by atoms with Gasteiger partial charge in [0.25, 0.3) is 13.4 Å². The average molecular weight is 538 g/mol. The van der Waals surface area contributed by atoms with Gasteiger partial charge in [-0.3, -0.25) is 0 Å².